The number of ether oxygens (including phenoxy) is 1. The maximum Gasteiger partial charge on any atom is 0.0727 e. The molecule has 14 heavy (non-hydrogen) atoms. The highest BCUT2D eigenvalue weighted by molar-refractivity contribution is 5.02. The smallest absolute Gasteiger partial charge is 0.0727 e. The van der Waals surface area contributed by atoms with E-state index in [9.17, 15) is 0 Å². The van der Waals surface area contributed by atoms with Gasteiger partial charge in [-0.25, -0.2) is 0 Å². The normalized spacial score (nSPS) is 47.1. The Morgan fingerprint density at radius 1 is 1.29 bits per heavy atom. The van der Waals surface area contributed by atoms with Gasteiger partial charge < -0.3 is 10.5 Å². The molecular formula is C12H23NO. The second-order valence-corrected chi connectivity index (χ2v) is 6.11. The van der Waals surface area contributed by atoms with Crippen LogP contribution in [0, 0.1) is 11.3 Å². The van der Waals surface area contributed by atoms with Crippen LogP contribution in [0.3, 0.4) is 0 Å². The maximum absolute atomic E-state index is 6.06. The molecular weight excluding hydrogens is 174 g/mol. The van der Waals surface area contributed by atoms with Gasteiger partial charge in [0.15, 0.2) is 0 Å². The highest BCUT2D eigenvalue weighted by atomic mass is 16.5. The third-order valence-corrected chi connectivity index (χ3v) is 4.02. The van der Waals surface area contributed by atoms with Crippen LogP contribution in [0.25, 0.3) is 0 Å². The van der Waals surface area contributed by atoms with Crippen molar-refractivity contribution in [3.8, 4) is 0 Å². The Kier molecular flexibility index (Phi) is 2.39. The van der Waals surface area contributed by atoms with Crippen LogP contribution in [-0.2, 0) is 4.74 Å². The minimum absolute atomic E-state index is 0.112. The van der Waals surface area contributed by atoms with E-state index in [1.807, 2.05) is 0 Å². The van der Waals surface area contributed by atoms with Crippen molar-refractivity contribution >= 4 is 0 Å². The summed E-state index contributed by atoms with van der Waals surface area (Å²) < 4.78 is 6.06. The molecule has 2 nitrogen and oxygen atoms in total. The second kappa shape index (κ2) is 3.21. The monoisotopic (exact) mass is 197 g/mol. The van der Waals surface area contributed by atoms with Gasteiger partial charge in [-0.1, -0.05) is 20.8 Å². The van der Waals surface area contributed by atoms with Gasteiger partial charge in [-0.3, -0.25) is 0 Å². The summed E-state index contributed by atoms with van der Waals surface area (Å²) in [6.07, 6.45) is 4.57. The van der Waals surface area contributed by atoms with E-state index >= 15 is 0 Å². The quantitative estimate of drug-likeness (QED) is 0.647. The van der Waals surface area contributed by atoms with E-state index in [-0.39, 0.29) is 5.60 Å². The Morgan fingerprint density at radius 3 is 2.50 bits per heavy atom. The molecule has 3 atom stereocenters. The molecule has 0 aromatic heterocycles. The summed E-state index contributed by atoms with van der Waals surface area (Å²) in [4.78, 5) is 0. The van der Waals surface area contributed by atoms with Crippen molar-refractivity contribution in [3.63, 3.8) is 0 Å². The summed E-state index contributed by atoms with van der Waals surface area (Å²) >= 11 is 0. The number of hydrogen-bond acceptors (Lipinski definition) is 2. The lowest BCUT2D eigenvalue weighted by molar-refractivity contribution is -0.107. The molecule has 2 fully saturated rings. The fourth-order valence-corrected chi connectivity index (χ4v) is 3.56. The molecule has 2 heteroatoms. The van der Waals surface area contributed by atoms with Crippen LogP contribution in [0.4, 0.5) is 0 Å². The van der Waals surface area contributed by atoms with Gasteiger partial charge in [0.05, 0.1) is 5.60 Å². The van der Waals surface area contributed by atoms with Crippen LogP contribution in [0.2, 0.25) is 0 Å². The van der Waals surface area contributed by atoms with E-state index in [0.717, 1.165) is 19.4 Å². The van der Waals surface area contributed by atoms with Crippen LogP contribution in [0.15, 0.2) is 0 Å². The van der Waals surface area contributed by atoms with Gasteiger partial charge in [0.25, 0.3) is 0 Å². The topological polar surface area (TPSA) is 35.2 Å². The van der Waals surface area contributed by atoms with Crippen LogP contribution >= 0.6 is 0 Å². The molecule has 1 saturated heterocycles. The van der Waals surface area contributed by atoms with Gasteiger partial charge in [0.2, 0.25) is 0 Å². The van der Waals surface area contributed by atoms with Gasteiger partial charge in [-0.05, 0) is 37.0 Å². The predicted octanol–water partition coefficient (Wildman–Crippen LogP) is 2.32. The van der Waals surface area contributed by atoms with Crippen LogP contribution in [-0.4, -0.2) is 18.2 Å². The van der Waals surface area contributed by atoms with Crippen LogP contribution in [0.1, 0.15) is 46.5 Å². The zero-order chi connectivity index (χ0) is 10.4. The number of nitrogens with two attached hydrogens (primary N) is 1. The molecule has 2 N–H and O–H groups in total. The zero-order valence-electron chi connectivity index (χ0n) is 9.68. The third kappa shape index (κ3) is 1.70. The predicted molar refractivity (Wildman–Crippen MR) is 58.1 cm³/mol. The van der Waals surface area contributed by atoms with Gasteiger partial charge in [0.1, 0.15) is 0 Å². The molecule has 0 aromatic carbocycles. The second-order valence-electron chi connectivity index (χ2n) is 6.11. The summed E-state index contributed by atoms with van der Waals surface area (Å²) in [5.41, 5.74) is 6.61. The molecule has 0 radical (unpaired) electrons. The first-order chi connectivity index (χ1) is 6.44. The van der Waals surface area contributed by atoms with Gasteiger partial charge in [0, 0.05) is 12.6 Å². The summed E-state index contributed by atoms with van der Waals surface area (Å²) in [5, 5.41) is 0. The lowest BCUT2D eigenvalue weighted by Gasteiger charge is -2.40. The third-order valence-electron chi connectivity index (χ3n) is 4.02. The van der Waals surface area contributed by atoms with Crippen molar-refractivity contribution in [1.82, 2.24) is 0 Å². The molecule has 1 aliphatic carbocycles. The molecule has 82 valence electrons. The lowest BCUT2D eigenvalue weighted by Crippen LogP contribution is -2.47. The van der Waals surface area contributed by atoms with Gasteiger partial charge in [-0.15, -0.1) is 0 Å². The van der Waals surface area contributed by atoms with E-state index in [2.05, 4.69) is 20.8 Å². The molecule has 0 bridgehead atoms. The molecule has 2 rings (SSSR count). The molecule has 3 unspecified atom stereocenters. The minimum atomic E-state index is 0.112. The Bertz CT molecular complexity index is 226. The van der Waals surface area contributed by atoms with E-state index in [1.54, 1.807) is 0 Å². The van der Waals surface area contributed by atoms with Crippen molar-refractivity contribution in [2.24, 2.45) is 17.1 Å². The summed E-state index contributed by atoms with van der Waals surface area (Å²) in [6, 6.07) is 0.361. The molecule has 1 saturated carbocycles. The highest BCUT2D eigenvalue weighted by Gasteiger charge is 2.51. The Morgan fingerprint density at radius 2 is 2.00 bits per heavy atom. The van der Waals surface area contributed by atoms with E-state index in [4.69, 9.17) is 10.5 Å². The van der Waals surface area contributed by atoms with Crippen LogP contribution < -0.4 is 5.73 Å². The van der Waals surface area contributed by atoms with Crippen molar-refractivity contribution in [3.05, 3.63) is 0 Å². The summed E-state index contributed by atoms with van der Waals surface area (Å²) in [5.74, 6) is 0.670. The summed E-state index contributed by atoms with van der Waals surface area (Å²) in [7, 11) is 0. The lowest BCUT2D eigenvalue weighted by atomic mass is 9.82. The highest BCUT2D eigenvalue weighted by Crippen LogP contribution is 2.52. The molecule has 2 aliphatic rings. The largest absolute Gasteiger partial charge is 0.375 e. The van der Waals surface area contributed by atoms with Crippen molar-refractivity contribution < 1.29 is 4.74 Å². The maximum atomic E-state index is 6.06. The fourth-order valence-electron chi connectivity index (χ4n) is 3.56. The average molecular weight is 197 g/mol. The summed E-state index contributed by atoms with van der Waals surface area (Å²) in [6.45, 7) is 7.89. The average Bonchev–Trinajstić information content (AvgIpc) is 2.20. The van der Waals surface area contributed by atoms with E-state index in [1.165, 1.54) is 12.8 Å². The van der Waals surface area contributed by atoms with E-state index < -0.39 is 0 Å². The van der Waals surface area contributed by atoms with E-state index in [0.29, 0.717) is 17.4 Å². The van der Waals surface area contributed by atoms with Crippen molar-refractivity contribution in [2.75, 3.05) is 6.61 Å². The SMILES string of the molecule is CC1CC(C)(C)CC12CC(N)CCO2. The van der Waals surface area contributed by atoms with Crippen LogP contribution in [0.5, 0.6) is 0 Å². The first-order valence-corrected chi connectivity index (χ1v) is 5.83. The molecule has 1 spiro atoms. The molecule has 0 aromatic rings. The fraction of sp³-hybridized carbons (Fsp3) is 1.00. The first kappa shape index (κ1) is 10.4. The zero-order valence-corrected chi connectivity index (χ0v) is 9.68. The first-order valence-electron chi connectivity index (χ1n) is 5.83. The Balaban J connectivity index is 2.15. The number of hydrogen-bond donors (Lipinski definition) is 1. The van der Waals surface area contributed by atoms with Crippen molar-refractivity contribution in [1.29, 1.82) is 0 Å². The minimum Gasteiger partial charge on any atom is -0.375 e. The van der Waals surface area contributed by atoms with Gasteiger partial charge in [-0.2, -0.15) is 0 Å². The molecule has 1 heterocycles. The Hall–Kier alpha value is -0.0800. The molecule has 0 amide bonds. The number of rotatable bonds is 0. The Labute approximate surface area is 87.2 Å². The standard InChI is InChI=1S/C12H23NO/c1-9-6-11(2,3)8-12(9)7-10(13)4-5-14-12/h9-10H,4-8,13H2,1-3H3. The van der Waals surface area contributed by atoms with Crippen molar-refractivity contribution in [2.45, 2.75) is 58.1 Å². The molecule has 1 aliphatic heterocycles. The van der Waals surface area contributed by atoms with Gasteiger partial charge >= 0.3 is 0 Å².